The minimum absolute atomic E-state index is 0.291. The number of furan rings is 1. The summed E-state index contributed by atoms with van der Waals surface area (Å²) in [5.41, 5.74) is 4.55. The topological polar surface area (TPSA) is 54.6 Å². The number of halogens is 1. The van der Waals surface area contributed by atoms with Gasteiger partial charge < -0.3 is 4.42 Å². The molecule has 0 fully saturated rings. The molecule has 5 heteroatoms. The van der Waals surface area contributed by atoms with Gasteiger partial charge in [0, 0.05) is 5.02 Å². The van der Waals surface area contributed by atoms with Crippen molar-refractivity contribution < 1.29 is 9.21 Å². The number of aryl methyl sites for hydroxylation is 2. The van der Waals surface area contributed by atoms with Crippen LogP contribution in [-0.2, 0) is 0 Å². The lowest BCUT2D eigenvalue weighted by Gasteiger charge is -2.02. The van der Waals surface area contributed by atoms with E-state index in [9.17, 15) is 4.79 Å². The maximum atomic E-state index is 12.0. The van der Waals surface area contributed by atoms with Crippen LogP contribution in [0.2, 0.25) is 5.02 Å². The molecule has 0 atom stereocenters. The monoisotopic (exact) mass is 290 g/mol. The Morgan fingerprint density at radius 1 is 1.30 bits per heavy atom. The van der Waals surface area contributed by atoms with Crippen LogP contribution in [0.25, 0.3) is 0 Å². The zero-order valence-electron chi connectivity index (χ0n) is 11.5. The third kappa shape index (κ3) is 3.27. The summed E-state index contributed by atoms with van der Waals surface area (Å²) in [6, 6.07) is 8.98. The largest absolute Gasteiger partial charge is 0.466 e. The molecule has 2 aromatic rings. The summed E-state index contributed by atoms with van der Waals surface area (Å²) in [4.78, 5) is 12.0. The van der Waals surface area contributed by atoms with Crippen LogP contribution in [0.4, 0.5) is 0 Å². The number of carbonyl (C=O) groups is 1. The van der Waals surface area contributed by atoms with Gasteiger partial charge in [-0.1, -0.05) is 23.7 Å². The highest BCUT2D eigenvalue weighted by molar-refractivity contribution is 6.31. The Kier molecular flexibility index (Phi) is 4.25. The first kappa shape index (κ1) is 14.3. The Bertz CT molecular complexity index is 674. The van der Waals surface area contributed by atoms with E-state index in [1.54, 1.807) is 39.0 Å². The lowest BCUT2D eigenvalue weighted by molar-refractivity contribution is 0.0953. The molecule has 0 bridgehead atoms. The minimum atomic E-state index is -0.291. The molecular weight excluding hydrogens is 276 g/mol. The Hall–Kier alpha value is -2.07. The van der Waals surface area contributed by atoms with Crippen LogP contribution in [0.5, 0.6) is 0 Å². The maximum absolute atomic E-state index is 12.0. The minimum Gasteiger partial charge on any atom is -0.466 e. The summed E-state index contributed by atoms with van der Waals surface area (Å²) >= 11 is 5.92. The summed E-state index contributed by atoms with van der Waals surface area (Å²) in [6.07, 6.45) is 0. The van der Waals surface area contributed by atoms with Crippen molar-refractivity contribution >= 4 is 23.2 Å². The van der Waals surface area contributed by atoms with E-state index >= 15 is 0 Å². The lowest BCUT2D eigenvalue weighted by Crippen LogP contribution is -2.19. The second-order valence-corrected chi connectivity index (χ2v) is 4.91. The number of rotatable bonds is 3. The lowest BCUT2D eigenvalue weighted by atomic mass is 10.1. The van der Waals surface area contributed by atoms with Crippen molar-refractivity contribution in [1.29, 1.82) is 0 Å². The smallest absolute Gasteiger partial charge is 0.274 e. The molecule has 0 aliphatic heterocycles. The molecule has 2 rings (SSSR count). The molecule has 20 heavy (non-hydrogen) atoms. The van der Waals surface area contributed by atoms with Crippen LogP contribution >= 0.6 is 11.6 Å². The Morgan fingerprint density at radius 2 is 2.05 bits per heavy atom. The van der Waals surface area contributed by atoms with Gasteiger partial charge in [-0.25, -0.2) is 5.43 Å². The standard InChI is InChI=1S/C15H15ClN2O2/c1-9-7-14(11(3)20-9)15(19)18-17-10(2)12-5-4-6-13(16)8-12/h4-8H,1-3H3,(H,18,19)/b17-10-. The fourth-order valence-electron chi connectivity index (χ4n) is 1.83. The van der Waals surface area contributed by atoms with Gasteiger partial charge in [-0.2, -0.15) is 5.10 Å². The number of hydrazone groups is 1. The van der Waals surface area contributed by atoms with Gasteiger partial charge in [0.1, 0.15) is 11.5 Å². The zero-order chi connectivity index (χ0) is 14.7. The fourth-order valence-corrected chi connectivity index (χ4v) is 2.02. The highest BCUT2D eigenvalue weighted by atomic mass is 35.5. The molecular formula is C15H15ClN2O2. The molecule has 0 aliphatic rings. The van der Waals surface area contributed by atoms with E-state index in [1.807, 2.05) is 12.1 Å². The molecule has 0 spiro atoms. The number of hydrogen-bond acceptors (Lipinski definition) is 3. The molecule has 4 nitrogen and oxygen atoms in total. The molecule has 0 saturated carbocycles. The second-order valence-electron chi connectivity index (χ2n) is 4.48. The van der Waals surface area contributed by atoms with Crippen molar-refractivity contribution in [3.63, 3.8) is 0 Å². The quantitative estimate of drug-likeness (QED) is 0.692. The van der Waals surface area contributed by atoms with Crippen molar-refractivity contribution in [3.05, 3.63) is 58.0 Å². The van der Waals surface area contributed by atoms with E-state index in [1.165, 1.54) is 0 Å². The molecule has 1 N–H and O–H groups in total. The van der Waals surface area contributed by atoms with Gasteiger partial charge in [0.15, 0.2) is 0 Å². The molecule has 0 radical (unpaired) electrons. The van der Waals surface area contributed by atoms with Gasteiger partial charge in [-0.05, 0) is 44.5 Å². The Morgan fingerprint density at radius 3 is 2.65 bits per heavy atom. The number of hydrogen-bond donors (Lipinski definition) is 1. The predicted molar refractivity (Wildman–Crippen MR) is 79.3 cm³/mol. The summed E-state index contributed by atoms with van der Waals surface area (Å²) in [5.74, 6) is 0.986. The van der Waals surface area contributed by atoms with Crippen molar-refractivity contribution in [3.8, 4) is 0 Å². The summed E-state index contributed by atoms with van der Waals surface area (Å²) in [7, 11) is 0. The van der Waals surface area contributed by atoms with Crippen LogP contribution in [0.1, 0.15) is 34.4 Å². The third-order valence-electron chi connectivity index (χ3n) is 2.85. The van der Waals surface area contributed by atoms with E-state index < -0.39 is 0 Å². The summed E-state index contributed by atoms with van der Waals surface area (Å²) in [5, 5.41) is 4.71. The van der Waals surface area contributed by atoms with Gasteiger partial charge in [0.05, 0.1) is 11.3 Å². The average molecular weight is 291 g/mol. The van der Waals surface area contributed by atoms with Gasteiger partial charge in [0.2, 0.25) is 0 Å². The highest BCUT2D eigenvalue weighted by Gasteiger charge is 2.12. The van der Waals surface area contributed by atoms with Crippen LogP contribution in [-0.4, -0.2) is 11.6 Å². The summed E-state index contributed by atoms with van der Waals surface area (Å²) in [6.45, 7) is 5.35. The summed E-state index contributed by atoms with van der Waals surface area (Å²) < 4.78 is 5.32. The molecule has 104 valence electrons. The number of carbonyl (C=O) groups excluding carboxylic acids is 1. The van der Waals surface area contributed by atoms with E-state index in [0.717, 1.165) is 5.56 Å². The maximum Gasteiger partial charge on any atom is 0.274 e. The van der Waals surface area contributed by atoms with Gasteiger partial charge in [-0.3, -0.25) is 4.79 Å². The van der Waals surface area contributed by atoms with E-state index in [-0.39, 0.29) is 5.91 Å². The van der Waals surface area contributed by atoms with Crippen molar-refractivity contribution in [2.45, 2.75) is 20.8 Å². The molecule has 0 aliphatic carbocycles. The number of nitrogens with one attached hydrogen (secondary N) is 1. The average Bonchev–Trinajstić information content (AvgIpc) is 2.74. The fraction of sp³-hybridized carbons (Fsp3) is 0.200. The van der Waals surface area contributed by atoms with Crippen LogP contribution < -0.4 is 5.43 Å². The highest BCUT2D eigenvalue weighted by Crippen LogP contribution is 2.14. The number of nitrogens with zero attached hydrogens (tertiary/aromatic N) is 1. The van der Waals surface area contributed by atoms with Crippen molar-refractivity contribution in [1.82, 2.24) is 5.43 Å². The third-order valence-corrected chi connectivity index (χ3v) is 3.09. The van der Waals surface area contributed by atoms with Crippen LogP contribution in [0.3, 0.4) is 0 Å². The number of benzene rings is 1. The van der Waals surface area contributed by atoms with E-state index in [2.05, 4.69) is 10.5 Å². The molecule has 1 aromatic carbocycles. The van der Waals surface area contributed by atoms with Crippen molar-refractivity contribution in [2.24, 2.45) is 5.10 Å². The first-order valence-corrected chi connectivity index (χ1v) is 6.53. The first-order chi connectivity index (χ1) is 9.47. The van der Waals surface area contributed by atoms with Gasteiger partial charge in [0.25, 0.3) is 5.91 Å². The van der Waals surface area contributed by atoms with E-state index in [0.29, 0.717) is 27.8 Å². The molecule has 1 heterocycles. The Balaban J connectivity index is 2.13. The zero-order valence-corrected chi connectivity index (χ0v) is 12.3. The molecule has 1 aromatic heterocycles. The second kappa shape index (κ2) is 5.92. The molecule has 0 saturated heterocycles. The predicted octanol–water partition coefficient (Wildman–Crippen LogP) is 3.70. The van der Waals surface area contributed by atoms with E-state index in [4.69, 9.17) is 16.0 Å². The molecule has 0 unspecified atom stereocenters. The van der Waals surface area contributed by atoms with Crippen LogP contribution in [0, 0.1) is 13.8 Å². The number of amides is 1. The van der Waals surface area contributed by atoms with Gasteiger partial charge >= 0.3 is 0 Å². The first-order valence-electron chi connectivity index (χ1n) is 6.15. The Labute approximate surface area is 122 Å². The van der Waals surface area contributed by atoms with Crippen molar-refractivity contribution in [2.75, 3.05) is 0 Å². The molecule has 1 amide bonds. The van der Waals surface area contributed by atoms with Gasteiger partial charge in [-0.15, -0.1) is 0 Å². The van der Waals surface area contributed by atoms with Crippen LogP contribution in [0.15, 0.2) is 39.9 Å². The normalized spacial score (nSPS) is 11.5. The SMILES string of the molecule is C/C(=N/NC(=O)c1cc(C)oc1C)c1cccc(Cl)c1.